The minimum absolute atomic E-state index is 0.0359. The molecule has 0 spiro atoms. The molecule has 7 atom stereocenters. The van der Waals surface area contributed by atoms with Crippen LogP contribution in [-0.4, -0.2) is 94.8 Å². The van der Waals surface area contributed by atoms with Gasteiger partial charge in [-0.1, -0.05) is 42.7 Å². The Morgan fingerprint density at radius 2 is 1.75 bits per heavy atom. The van der Waals surface area contributed by atoms with Gasteiger partial charge in [-0.05, 0) is 101 Å². The zero-order valence-electron chi connectivity index (χ0n) is 34.0. The molecule has 3 saturated carbocycles. The number of hydrogen-bond acceptors (Lipinski definition) is 11. The maximum atomic E-state index is 14.8. The zero-order chi connectivity index (χ0) is 42.5. The number of carbonyl (C=O) groups is 4. The van der Waals surface area contributed by atoms with Gasteiger partial charge < -0.3 is 29.7 Å². The Balaban J connectivity index is 1.04. The minimum Gasteiger partial charge on any atom is -0.478 e. The SMILES string of the molecule is CC1=CC2c3nc(-c4ccc(F)cc4)nc(O[C@@H]4C[C@H]5C(=O)N[C@]6(C(=O)NS(=O)(=O)C7CC7)C[C@H]6/C=C\CCCCC[C@H](NC(=O)OC6CCCC6)C(=O)N5C4)c3OC2C=C1. The van der Waals surface area contributed by atoms with E-state index in [1.54, 1.807) is 12.1 Å². The number of aromatic nitrogens is 2. The number of hydrogen-bond donors (Lipinski definition) is 3. The van der Waals surface area contributed by atoms with Crippen molar-refractivity contribution in [1.29, 1.82) is 0 Å². The molecule has 1 aromatic heterocycles. The lowest BCUT2D eigenvalue weighted by molar-refractivity contribution is -0.141. The molecule has 15 nitrogen and oxygen atoms in total. The van der Waals surface area contributed by atoms with E-state index >= 15 is 0 Å². The Kier molecular flexibility index (Phi) is 11.1. The second-order valence-electron chi connectivity index (χ2n) is 17.5. The van der Waals surface area contributed by atoms with Crippen LogP contribution in [0, 0.1) is 11.7 Å². The first-order chi connectivity index (χ1) is 29.4. The summed E-state index contributed by atoms with van der Waals surface area (Å²) in [4.78, 5) is 67.5. The van der Waals surface area contributed by atoms with E-state index in [4.69, 9.17) is 24.2 Å². The molecule has 17 heteroatoms. The summed E-state index contributed by atoms with van der Waals surface area (Å²) < 4.78 is 60.8. The molecule has 9 rings (SSSR count). The smallest absolute Gasteiger partial charge is 0.408 e. The third kappa shape index (κ3) is 8.62. The summed E-state index contributed by atoms with van der Waals surface area (Å²) in [7, 11) is -3.93. The van der Waals surface area contributed by atoms with E-state index < -0.39 is 74.5 Å². The number of amides is 4. The number of rotatable bonds is 8. The maximum Gasteiger partial charge on any atom is 0.408 e. The number of nitrogens with one attached hydrogen (secondary N) is 3. The fourth-order valence-corrected chi connectivity index (χ4v) is 10.6. The number of allylic oxidation sites excluding steroid dienone is 3. The molecular weight excluding hydrogens is 808 g/mol. The molecule has 4 heterocycles. The highest BCUT2D eigenvalue weighted by atomic mass is 32.2. The van der Waals surface area contributed by atoms with Gasteiger partial charge in [-0.2, -0.15) is 4.98 Å². The van der Waals surface area contributed by atoms with E-state index in [0.29, 0.717) is 49.1 Å². The lowest BCUT2D eigenvalue weighted by atomic mass is 9.92. The van der Waals surface area contributed by atoms with Crippen LogP contribution in [0.15, 0.2) is 60.2 Å². The highest BCUT2D eigenvalue weighted by Crippen LogP contribution is 2.48. The molecule has 3 N–H and O–H groups in total. The number of sulfonamides is 1. The summed E-state index contributed by atoms with van der Waals surface area (Å²) in [5.41, 5.74) is 0.586. The standard InChI is InChI=1S/C44H51FN6O9S/c1-25-13-20-35-32(21-25)36-37(60-35)40(48-38(47-36)26-14-16-28(45)17-15-26)58-30-22-34-39(52)49-44(42(54)50-61(56,57)31-18-19-31)23-27(44)9-5-3-2-4-6-12-33(41(53)51(34)24-30)46-43(55)59-29-10-7-8-11-29/h5,9,13-17,20-21,27,29-35H,2-4,6-8,10-12,18-19,22-24H2,1H3,(H,46,55)(H,49,52)(H,50,54)/b9-5-/t27-,30-,32?,33+,34+,35?,44-/m1/s1. The summed E-state index contributed by atoms with van der Waals surface area (Å²) in [6.07, 6.45) is 15.1. The van der Waals surface area contributed by atoms with E-state index in [1.807, 2.05) is 37.3 Å². The largest absolute Gasteiger partial charge is 0.478 e. The van der Waals surface area contributed by atoms with Crippen molar-refractivity contribution in [2.75, 3.05) is 6.54 Å². The first-order valence-electron chi connectivity index (χ1n) is 21.6. The first-order valence-corrected chi connectivity index (χ1v) is 23.1. The summed E-state index contributed by atoms with van der Waals surface area (Å²) in [5.74, 6) is -2.46. The second-order valence-corrected chi connectivity index (χ2v) is 19.4. The van der Waals surface area contributed by atoms with Crippen molar-refractivity contribution in [1.82, 2.24) is 30.2 Å². The molecule has 4 fully saturated rings. The Labute approximate surface area is 354 Å². The van der Waals surface area contributed by atoms with Gasteiger partial charge in [0.05, 0.1) is 17.7 Å². The third-order valence-corrected chi connectivity index (χ3v) is 14.7. The fraction of sp³-hybridized carbons (Fsp3) is 0.545. The van der Waals surface area contributed by atoms with Gasteiger partial charge in [0.1, 0.15) is 47.4 Å². The second kappa shape index (κ2) is 16.5. The van der Waals surface area contributed by atoms with E-state index in [2.05, 4.69) is 15.4 Å². The van der Waals surface area contributed by atoms with Gasteiger partial charge in [0.15, 0.2) is 5.82 Å². The lowest BCUT2D eigenvalue weighted by Gasteiger charge is -2.30. The number of ether oxygens (including phenoxy) is 3. The predicted molar refractivity (Wildman–Crippen MR) is 219 cm³/mol. The first kappa shape index (κ1) is 41.1. The number of carbonyl (C=O) groups excluding carboxylic acids is 4. The van der Waals surface area contributed by atoms with Crippen LogP contribution in [0.1, 0.15) is 102 Å². The van der Waals surface area contributed by atoms with Crippen molar-refractivity contribution in [3.8, 4) is 23.0 Å². The number of fused-ring (bicyclic) bond motifs is 5. The Morgan fingerprint density at radius 1 is 0.984 bits per heavy atom. The zero-order valence-corrected chi connectivity index (χ0v) is 34.8. The Bertz CT molecular complexity index is 2290. The Morgan fingerprint density at radius 3 is 2.52 bits per heavy atom. The molecule has 0 radical (unpaired) electrons. The average molecular weight is 859 g/mol. The molecule has 7 aliphatic rings. The quantitative estimate of drug-likeness (QED) is 0.302. The summed E-state index contributed by atoms with van der Waals surface area (Å²) in [5, 5.41) is 5.05. The maximum absolute atomic E-state index is 14.8. The number of alkyl carbamates (subject to hydrolysis) is 1. The predicted octanol–water partition coefficient (Wildman–Crippen LogP) is 5.03. The van der Waals surface area contributed by atoms with Crippen LogP contribution in [0.3, 0.4) is 0 Å². The van der Waals surface area contributed by atoms with Crippen molar-refractivity contribution in [2.45, 2.75) is 137 Å². The number of benzene rings is 1. The fourth-order valence-electron chi connectivity index (χ4n) is 9.21. The highest BCUT2D eigenvalue weighted by molar-refractivity contribution is 7.91. The third-order valence-electron chi connectivity index (χ3n) is 12.9. The van der Waals surface area contributed by atoms with Gasteiger partial charge in [-0.15, -0.1) is 0 Å². The summed E-state index contributed by atoms with van der Waals surface area (Å²) in [6, 6.07) is 3.55. The molecule has 324 valence electrons. The van der Waals surface area contributed by atoms with Gasteiger partial charge in [-0.3, -0.25) is 19.1 Å². The molecule has 1 saturated heterocycles. The molecule has 0 bridgehead atoms. The van der Waals surface area contributed by atoms with E-state index in [1.165, 1.54) is 17.0 Å². The normalized spacial score (nSPS) is 30.5. The van der Waals surface area contributed by atoms with Gasteiger partial charge in [0.2, 0.25) is 27.6 Å². The molecule has 61 heavy (non-hydrogen) atoms. The van der Waals surface area contributed by atoms with Crippen LogP contribution in [0.25, 0.3) is 11.4 Å². The van der Waals surface area contributed by atoms with Gasteiger partial charge in [0, 0.05) is 17.9 Å². The van der Waals surface area contributed by atoms with Crippen LogP contribution in [0.4, 0.5) is 9.18 Å². The lowest BCUT2D eigenvalue weighted by Crippen LogP contribution is -2.58. The Hall–Kier alpha value is -5.32. The molecule has 1 aromatic carbocycles. The van der Waals surface area contributed by atoms with Crippen molar-refractivity contribution in [2.24, 2.45) is 5.92 Å². The van der Waals surface area contributed by atoms with Crippen LogP contribution in [-0.2, 0) is 29.1 Å². The molecule has 2 unspecified atom stereocenters. The summed E-state index contributed by atoms with van der Waals surface area (Å²) >= 11 is 0. The number of halogens is 1. The molecule has 4 aliphatic carbocycles. The number of nitrogens with zero attached hydrogens (tertiary/aromatic N) is 3. The van der Waals surface area contributed by atoms with Crippen LogP contribution in [0.2, 0.25) is 0 Å². The topological polar surface area (TPSA) is 195 Å². The highest BCUT2D eigenvalue weighted by Gasteiger charge is 2.62. The van der Waals surface area contributed by atoms with Gasteiger partial charge >= 0.3 is 6.09 Å². The average Bonchev–Trinajstić information content (AvgIpc) is 4.05. The van der Waals surface area contributed by atoms with Crippen molar-refractivity contribution in [3.05, 3.63) is 71.7 Å². The van der Waals surface area contributed by atoms with Crippen LogP contribution in [0.5, 0.6) is 11.6 Å². The van der Waals surface area contributed by atoms with Gasteiger partial charge in [0.25, 0.3) is 11.8 Å². The van der Waals surface area contributed by atoms with Crippen molar-refractivity contribution in [3.63, 3.8) is 0 Å². The van der Waals surface area contributed by atoms with E-state index in [-0.39, 0.29) is 49.2 Å². The van der Waals surface area contributed by atoms with E-state index in [9.17, 15) is 32.0 Å². The van der Waals surface area contributed by atoms with E-state index in [0.717, 1.165) is 44.1 Å². The molecule has 4 amide bonds. The molecular formula is C44H51FN6O9S. The minimum atomic E-state index is -3.93. The molecule has 3 aliphatic heterocycles. The summed E-state index contributed by atoms with van der Waals surface area (Å²) in [6.45, 7) is 1.88. The van der Waals surface area contributed by atoms with Gasteiger partial charge in [-0.25, -0.2) is 22.6 Å². The van der Waals surface area contributed by atoms with Crippen LogP contribution < -0.4 is 24.8 Å². The van der Waals surface area contributed by atoms with Crippen molar-refractivity contribution < 1.29 is 46.2 Å². The monoisotopic (exact) mass is 858 g/mol. The molecule has 2 aromatic rings. The van der Waals surface area contributed by atoms with Crippen LogP contribution >= 0.6 is 0 Å². The van der Waals surface area contributed by atoms with Crippen molar-refractivity contribution >= 4 is 33.8 Å².